The second-order valence-electron chi connectivity index (χ2n) is 23.1. The van der Waals surface area contributed by atoms with Crippen molar-refractivity contribution in [2.75, 3.05) is 13.2 Å². The monoisotopic (exact) mass is 1080 g/mol. The van der Waals surface area contributed by atoms with Crippen LogP contribution in [-0.2, 0) is 28.6 Å². The number of allylic oxidation sites excluding steroid dienone is 8. The van der Waals surface area contributed by atoms with Gasteiger partial charge in [0.15, 0.2) is 6.10 Å². The Morgan fingerprint density at radius 2 is 0.506 bits per heavy atom. The summed E-state index contributed by atoms with van der Waals surface area (Å²) >= 11 is 0. The Labute approximate surface area is 479 Å². The molecule has 1 atom stereocenters. The Hall–Kier alpha value is -2.63. The predicted octanol–water partition coefficient (Wildman–Crippen LogP) is 23.3. The molecule has 0 aliphatic rings. The first-order valence-electron chi connectivity index (χ1n) is 34.1. The Morgan fingerprint density at radius 3 is 0.805 bits per heavy atom. The molecule has 0 aliphatic heterocycles. The predicted molar refractivity (Wildman–Crippen MR) is 335 cm³/mol. The van der Waals surface area contributed by atoms with Crippen molar-refractivity contribution < 1.29 is 28.6 Å². The summed E-state index contributed by atoms with van der Waals surface area (Å²) in [6.07, 6.45) is 82.9. The number of rotatable bonds is 63. The van der Waals surface area contributed by atoms with Crippen LogP contribution < -0.4 is 0 Å². The minimum atomic E-state index is -0.775. The summed E-state index contributed by atoms with van der Waals surface area (Å²) in [5.41, 5.74) is 0. The van der Waals surface area contributed by atoms with E-state index in [-0.39, 0.29) is 31.1 Å². The van der Waals surface area contributed by atoms with Crippen molar-refractivity contribution in [2.45, 2.75) is 374 Å². The molecular formula is C71H130O6. The highest BCUT2D eigenvalue weighted by molar-refractivity contribution is 5.71. The van der Waals surface area contributed by atoms with E-state index >= 15 is 0 Å². The molecule has 0 bridgehead atoms. The number of esters is 3. The maximum absolute atomic E-state index is 12.9. The second-order valence-corrected chi connectivity index (χ2v) is 23.1. The van der Waals surface area contributed by atoms with Gasteiger partial charge < -0.3 is 14.2 Å². The van der Waals surface area contributed by atoms with E-state index in [1.54, 1.807) is 0 Å². The molecule has 0 aromatic carbocycles. The summed E-state index contributed by atoms with van der Waals surface area (Å²) in [6.45, 7) is 6.57. The molecule has 0 heterocycles. The van der Waals surface area contributed by atoms with Crippen LogP contribution in [0.1, 0.15) is 367 Å². The van der Waals surface area contributed by atoms with Gasteiger partial charge in [0.05, 0.1) is 0 Å². The normalized spacial score (nSPS) is 12.3. The molecule has 6 heteroatoms. The van der Waals surface area contributed by atoms with Gasteiger partial charge in [-0.05, 0) is 77.0 Å². The van der Waals surface area contributed by atoms with E-state index in [4.69, 9.17) is 14.2 Å². The van der Waals surface area contributed by atoms with Crippen LogP contribution in [0.2, 0.25) is 0 Å². The van der Waals surface area contributed by atoms with Crippen molar-refractivity contribution in [3.8, 4) is 0 Å². The molecule has 1 unspecified atom stereocenters. The molecule has 450 valence electrons. The fourth-order valence-electron chi connectivity index (χ4n) is 10.2. The lowest BCUT2D eigenvalue weighted by Gasteiger charge is -2.18. The molecule has 0 radical (unpaired) electrons. The van der Waals surface area contributed by atoms with Gasteiger partial charge in [0, 0.05) is 19.3 Å². The number of hydrogen-bond donors (Lipinski definition) is 0. The summed E-state index contributed by atoms with van der Waals surface area (Å²) < 4.78 is 16.9. The van der Waals surface area contributed by atoms with Crippen molar-refractivity contribution >= 4 is 17.9 Å². The summed E-state index contributed by atoms with van der Waals surface area (Å²) in [5.74, 6) is -0.861. The van der Waals surface area contributed by atoms with Gasteiger partial charge in [-0.1, -0.05) is 320 Å². The third-order valence-corrected chi connectivity index (χ3v) is 15.3. The zero-order valence-corrected chi connectivity index (χ0v) is 51.7. The Kier molecular flexibility index (Phi) is 63.6. The third-order valence-electron chi connectivity index (χ3n) is 15.3. The molecule has 0 N–H and O–H groups in total. The van der Waals surface area contributed by atoms with Crippen LogP contribution in [0.25, 0.3) is 0 Å². The van der Waals surface area contributed by atoms with Crippen LogP contribution in [0.15, 0.2) is 48.6 Å². The van der Waals surface area contributed by atoms with Crippen LogP contribution in [-0.4, -0.2) is 37.2 Å². The summed E-state index contributed by atoms with van der Waals surface area (Å²) in [6, 6.07) is 0. The number of ether oxygens (including phenoxy) is 3. The molecule has 0 fully saturated rings. The van der Waals surface area contributed by atoms with E-state index in [1.165, 1.54) is 244 Å². The van der Waals surface area contributed by atoms with Crippen molar-refractivity contribution in [1.82, 2.24) is 0 Å². The average Bonchev–Trinajstić information content (AvgIpc) is 3.43. The lowest BCUT2D eigenvalue weighted by Crippen LogP contribution is -2.30. The van der Waals surface area contributed by atoms with Gasteiger partial charge in [0.2, 0.25) is 0 Å². The highest BCUT2D eigenvalue weighted by Gasteiger charge is 2.19. The van der Waals surface area contributed by atoms with Crippen LogP contribution in [0, 0.1) is 0 Å². The average molecular weight is 1080 g/mol. The van der Waals surface area contributed by atoms with E-state index in [1.807, 2.05) is 0 Å². The van der Waals surface area contributed by atoms with Crippen LogP contribution in [0.4, 0.5) is 0 Å². The molecule has 0 saturated carbocycles. The summed E-state index contributed by atoms with van der Waals surface area (Å²) in [4.78, 5) is 38.3. The van der Waals surface area contributed by atoms with Gasteiger partial charge in [-0.3, -0.25) is 14.4 Å². The number of hydrogen-bond acceptors (Lipinski definition) is 6. The van der Waals surface area contributed by atoms with E-state index < -0.39 is 6.10 Å². The molecule has 0 aromatic rings. The highest BCUT2D eigenvalue weighted by atomic mass is 16.6. The van der Waals surface area contributed by atoms with Gasteiger partial charge in [0.1, 0.15) is 13.2 Å². The quantitative estimate of drug-likeness (QED) is 0.0261. The third kappa shape index (κ3) is 64.1. The molecule has 77 heavy (non-hydrogen) atoms. The first-order chi connectivity index (χ1) is 38.0. The Balaban J connectivity index is 4.11. The van der Waals surface area contributed by atoms with Gasteiger partial charge in [-0.15, -0.1) is 0 Å². The Bertz CT molecular complexity index is 1330. The van der Waals surface area contributed by atoms with Gasteiger partial charge in [0.25, 0.3) is 0 Å². The van der Waals surface area contributed by atoms with Crippen LogP contribution in [0.5, 0.6) is 0 Å². The SMILES string of the molecule is CC/C=C\C/C=C\C/C=C\CCCCCCCCCC(=O)OC(COC(=O)CCCCCCCCCCCCC)COC(=O)CCCCCCCCCCCCCCCCCCCCC/C=C\CCCCCCCCCC. The standard InChI is InChI=1S/C71H130O6/c1-4-7-10-13-16-19-22-24-26-28-29-30-31-32-33-34-35-36-37-38-39-40-41-43-44-46-49-52-55-58-61-64-70(73)76-67-68(66-75-69(72)63-60-57-54-51-48-21-18-15-12-9-6-3)77-71(74)65-62-59-56-53-50-47-45-42-27-25-23-20-17-14-11-8-5-2/h8,11,17,20,25,27-29,68H,4-7,9-10,12-16,18-19,21-24,26,30-67H2,1-3H3/b11-8-,20-17-,27-25-,29-28-. The Morgan fingerprint density at radius 1 is 0.273 bits per heavy atom. The minimum absolute atomic E-state index is 0.0725. The van der Waals surface area contributed by atoms with E-state index in [0.717, 1.165) is 83.5 Å². The number of carbonyl (C=O) groups is 3. The topological polar surface area (TPSA) is 78.9 Å². The van der Waals surface area contributed by atoms with Gasteiger partial charge >= 0.3 is 17.9 Å². The first kappa shape index (κ1) is 74.4. The summed E-state index contributed by atoms with van der Waals surface area (Å²) in [7, 11) is 0. The fourth-order valence-corrected chi connectivity index (χ4v) is 10.2. The molecule has 6 nitrogen and oxygen atoms in total. The molecule has 0 amide bonds. The van der Waals surface area contributed by atoms with Crippen LogP contribution in [0.3, 0.4) is 0 Å². The van der Waals surface area contributed by atoms with E-state index in [2.05, 4.69) is 69.4 Å². The first-order valence-corrected chi connectivity index (χ1v) is 34.1. The molecule has 0 spiro atoms. The van der Waals surface area contributed by atoms with E-state index in [9.17, 15) is 14.4 Å². The molecule has 0 aromatic heterocycles. The lowest BCUT2D eigenvalue weighted by molar-refractivity contribution is -0.167. The number of carbonyl (C=O) groups excluding carboxylic acids is 3. The molecule has 0 aliphatic carbocycles. The maximum Gasteiger partial charge on any atom is 0.306 e. The molecular weight excluding hydrogens is 949 g/mol. The maximum atomic E-state index is 12.9. The number of unbranched alkanes of at least 4 members (excludes halogenated alkanes) is 44. The van der Waals surface area contributed by atoms with Gasteiger partial charge in [-0.2, -0.15) is 0 Å². The van der Waals surface area contributed by atoms with E-state index in [0.29, 0.717) is 19.3 Å². The van der Waals surface area contributed by atoms with Crippen molar-refractivity contribution in [3.63, 3.8) is 0 Å². The second kappa shape index (κ2) is 65.9. The van der Waals surface area contributed by atoms with Crippen molar-refractivity contribution in [1.29, 1.82) is 0 Å². The van der Waals surface area contributed by atoms with Crippen molar-refractivity contribution in [2.24, 2.45) is 0 Å². The zero-order chi connectivity index (χ0) is 55.7. The highest BCUT2D eigenvalue weighted by Crippen LogP contribution is 2.18. The smallest absolute Gasteiger partial charge is 0.306 e. The summed E-state index contributed by atoms with van der Waals surface area (Å²) in [5, 5.41) is 0. The van der Waals surface area contributed by atoms with Gasteiger partial charge in [-0.25, -0.2) is 0 Å². The lowest BCUT2D eigenvalue weighted by atomic mass is 10.0. The molecule has 0 saturated heterocycles. The largest absolute Gasteiger partial charge is 0.462 e. The van der Waals surface area contributed by atoms with Crippen molar-refractivity contribution in [3.05, 3.63) is 48.6 Å². The fraction of sp³-hybridized carbons (Fsp3) is 0.845. The minimum Gasteiger partial charge on any atom is -0.462 e. The van der Waals surface area contributed by atoms with Crippen LogP contribution >= 0.6 is 0 Å². The zero-order valence-electron chi connectivity index (χ0n) is 51.7. The molecule has 0 rings (SSSR count).